The van der Waals surface area contributed by atoms with E-state index >= 15 is 0 Å². The molecule has 0 bridgehead atoms. The molecule has 0 spiro atoms. The van der Waals surface area contributed by atoms with Gasteiger partial charge in [-0.25, -0.2) is 9.97 Å². The quantitative estimate of drug-likeness (QED) is 0.733. The summed E-state index contributed by atoms with van der Waals surface area (Å²) in [5, 5.41) is 4.82. The lowest BCUT2D eigenvalue weighted by atomic mass is 10.3. The first kappa shape index (κ1) is 13.2. The molecular formula is C11H17N7O. The third kappa shape index (κ3) is 2.79. The van der Waals surface area contributed by atoms with Crippen molar-refractivity contribution in [2.24, 2.45) is 12.8 Å². The van der Waals surface area contributed by atoms with Crippen LogP contribution in [-0.4, -0.2) is 43.6 Å². The van der Waals surface area contributed by atoms with Crippen molar-refractivity contribution in [3.8, 4) is 0 Å². The second-order valence-electron chi connectivity index (χ2n) is 4.30. The van der Waals surface area contributed by atoms with Crippen molar-refractivity contribution in [1.29, 1.82) is 0 Å². The fraction of sp³-hybridized carbons (Fsp3) is 0.455. The summed E-state index contributed by atoms with van der Waals surface area (Å²) in [7, 11) is 1.79. The predicted octanol–water partition coefficient (Wildman–Crippen LogP) is -0.747. The van der Waals surface area contributed by atoms with Crippen molar-refractivity contribution in [3.05, 3.63) is 12.0 Å². The molecule has 0 fully saturated rings. The van der Waals surface area contributed by atoms with Gasteiger partial charge in [0.15, 0.2) is 5.65 Å². The minimum atomic E-state index is -0.378. The number of carbonyl (C=O) groups excluding carboxylic acids is 1. The normalized spacial score (nSPS) is 11.3. The van der Waals surface area contributed by atoms with Gasteiger partial charge in [-0.2, -0.15) is 5.10 Å². The SMILES string of the molecule is CCN(CC(N)=O)Cc1nc(N)c2cnn(C)c2n1. The summed E-state index contributed by atoms with van der Waals surface area (Å²) >= 11 is 0. The molecule has 0 saturated carbocycles. The second-order valence-corrected chi connectivity index (χ2v) is 4.30. The van der Waals surface area contributed by atoms with Crippen LogP contribution >= 0.6 is 0 Å². The predicted molar refractivity (Wildman–Crippen MR) is 70.9 cm³/mol. The molecule has 0 aliphatic heterocycles. The Kier molecular flexibility index (Phi) is 3.61. The second kappa shape index (κ2) is 5.19. The minimum absolute atomic E-state index is 0.170. The maximum Gasteiger partial charge on any atom is 0.231 e. The highest BCUT2D eigenvalue weighted by molar-refractivity contribution is 5.84. The monoisotopic (exact) mass is 263 g/mol. The van der Waals surface area contributed by atoms with Gasteiger partial charge in [0, 0.05) is 7.05 Å². The van der Waals surface area contributed by atoms with Crippen molar-refractivity contribution in [2.45, 2.75) is 13.5 Å². The Hall–Kier alpha value is -2.22. The third-order valence-electron chi connectivity index (χ3n) is 2.86. The van der Waals surface area contributed by atoms with E-state index in [2.05, 4.69) is 15.1 Å². The average molecular weight is 263 g/mol. The lowest BCUT2D eigenvalue weighted by molar-refractivity contribution is -0.119. The number of hydrogen-bond donors (Lipinski definition) is 2. The van der Waals surface area contributed by atoms with Gasteiger partial charge in [0.1, 0.15) is 11.6 Å². The van der Waals surface area contributed by atoms with Crippen LogP contribution in [0.25, 0.3) is 11.0 Å². The number of carbonyl (C=O) groups is 1. The Morgan fingerprint density at radius 1 is 1.47 bits per heavy atom. The molecule has 0 aromatic carbocycles. The number of primary amides is 1. The molecule has 2 rings (SSSR count). The van der Waals surface area contributed by atoms with Crippen LogP contribution in [0.5, 0.6) is 0 Å². The molecule has 0 unspecified atom stereocenters. The highest BCUT2D eigenvalue weighted by atomic mass is 16.1. The number of fused-ring (bicyclic) bond motifs is 1. The minimum Gasteiger partial charge on any atom is -0.383 e. The van der Waals surface area contributed by atoms with E-state index in [0.717, 1.165) is 5.39 Å². The van der Waals surface area contributed by atoms with Gasteiger partial charge in [0.2, 0.25) is 5.91 Å². The van der Waals surface area contributed by atoms with Crippen molar-refractivity contribution < 1.29 is 4.79 Å². The third-order valence-corrected chi connectivity index (χ3v) is 2.86. The van der Waals surface area contributed by atoms with Crippen LogP contribution in [0.1, 0.15) is 12.7 Å². The Morgan fingerprint density at radius 2 is 2.21 bits per heavy atom. The van der Waals surface area contributed by atoms with Crippen LogP contribution < -0.4 is 11.5 Å². The topological polar surface area (TPSA) is 116 Å². The number of aryl methyl sites for hydroxylation is 1. The first-order valence-corrected chi connectivity index (χ1v) is 5.96. The fourth-order valence-corrected chi connectivity index (χ4v) is 1.86. The maximum absolute atomic E-state index is 11.0. The molecule has 2 heterocycles. The van der Waals surface area contributed by atoms with Crippen LogP contribution in [0.2, 0.25) is 0 Å². The van der Waals surface area contributed by atoms with Gasteiger partial charge < -0.3 is 11.5 Å². The lowest BCUT2D eigenvalue weighted by Crippen LogP contribution is -2.33. The Morgan fingerprint density at radius 3 is 2.84 bits per heavy atom. The van der Waals surface area contributed by atoms with Gasteiger partial charge in [-0.3, -0.25) is 14.4 Å². The number of hydrogen-bond acceptors (Lipinski definition) is 6. The Bertz CT molecular complexity index is 606. The summed E-state index contributed by atoms with van der Waals surface area (Å²) in [6.45, 7) is 3.21. The average Bonchev–Trinajstić information content (AvgIpc) is 2.70. The van der Waals surface area contributed by atoms with Crippen LogP contribution in [0, 0.1) is 0 Å². The number of amides is 1. The molecule has 2 aromatic rings. The molecule has 0 saturated heterocycles. The summed E-state index contributed by atoms with van der Waals surface area (Å²) in [5.74, 6) is 0.566. The molecule has 0 radical (unpaired) electrons. The van der Waals surface area contributed by atoms with Gasteiger partial charge >= 0.3 is 0 Å². The van der Waals surface area contributed by atoms with Gasteiger partial charge in [-0.1, -0.05) is 6.92 Å². The van der Waals surface area contributed by atoms with E-state index in [9.17, 15) is 4.79 Å². The first-order valence-electron chi connectivity index (χ1n) is 5.96. The van der Waals surface area contributed by atoms with Gasteiger partial charge in [0.25, 0.3) is 0 Å². The van der Waals surface area contributed by atoms with Crippen LogP contribution in [-0.2, 0) is 18.4 Å². The molecule has 4 N–H and O–H groups in total. The molecule has 0 aliphatic carbocycles. The highest BCUT2D eigenvalue weighted by Crippen LogP contribution is 2.16. The number of nitrogens with zero attached hydrogens (tertiary/aromatic N) is 5. The molecule has 102 valence electrons. The van der Waals surface area contributed by atoms with E-state index in [1.54, 1.807) is 17.9 Å². The van der Waals surface area contributed by atoms with Crippen molar-refractivity contribution >= 4 is 22.8 Å². The fourth-order valence-electron chi connectivity index (χ4n) is 1.86. The van der Waals surface area contributed by atoms with Crippen molar-refractivity contribution in [3.63, 3.8) is 0 Å². The molecule has 1 amide bonds. The molecule has 8 heteroatoms. The van der Waals surface area contributed by atoms with Crippen molar-refractivity contribution in [1.82, 2.24) is 24.6 Å². The zero-order chi connectivity index (χ0) is 14.0. The zero-order valence-electron chi connectivity index (χ0n) is 11.0. The van der Waals surface area contributed by atoms with Crippen molar-refractivity contribution in [2.75, 3.05) is 18.8 Å². The van der Waals surface area contributed by atoms with E-state index in [-0.39, 0.29) is 12.5 Å². The van der Waals surface area contributed by atoms with E-state index in [0.29, 0.717) is 30.4 Å². The lowest BCUT2D eigenvalue weighted by Gasteiger charge is -2.17. The summed E-state index contributed by atoms with van der Waals surface area (Å²) in [4.78, 5) is 21.4. The van der Waals surface area contributed by atoms with E-state index in [1.165, 1.54) is 0 Å². The van der Waals surface area contributed by atoms with Crippen LogP contribution in [0.3, 0.4) is 0 Å². The molecule has 0 aliphatic rings. The molecular weight excluding hydrogens is 246 g/mol. The Labute approximate surface area is 110 Å². The first-order chi connectivity index (χ1) is 9.01. The number of nitrogen functional groups attached to an aromatic ring is 1. The number of anilines is 1. The van der Waals surface area contributed by atoms with Gasteiger partial charge in [0.05, 0.1) is 24.7 Å². The molecule has 19 heavy (non-hydrogen) atoms. The highest BCUT2D eigenvalue weighted by Gasteiger charge is 2.13. The molecule has 0 atom stereocenters. The number of likely N-dealkylation sites (N-methyl/N-ethyl adjacent to an activating group) is 1. The van der Waals surface area contributed by atoms with Gasteiger partial charge in [-0.05, 0) is 6.54 Å². The summed E-state index contributed by atoms with van der Waals surface area (Å²) in [6, 6.07) is 0. The molecule has 2 aromatic heterocycles. The van der Waals surface area contributed by atoms with Crippen LogP contribution in [0.15, 0.2) is 6.20 Å². The number of aromatic nitrogens is 4. The summed E-state index contributed by atoms with van der Waals surface area (Å²) in [6.07, 6.45) is 1.63. The van der Waals surface area contributed by atoms with Gasteiger partial charge in [-0.15, -0.1) is 0 Å². The van der Waals surface area contributed by atoms with E-state index < -0.39 is 0 Å². The summed E-state index contributed by atoms with van der Waals surface area (Å²) < 4.78 is 1.64. The van der Waals surface area contributed by atoms with Crippen LogP contribution in [0.4, 0.5) is 5.82 Å². The Balaban J connectivity index is 2.29. The standard InChI is InChI=1S/C11H17N7O/c1-3-18(5-8(12)19)6-9-15-10(13)7-4-14-17(2)11(7)16-9/h4H,3,5-6H2,1-2H3,(H2,12,19)(H2,13,15,16). The number of nitrogens with two attached hydrogens (primary N) is 2. The zero-order valence-corrected chi connectivity index (χ0v) is 11.0. The maximum atomic E-state index is 11.0. The molecule has 8 nitrogen and oxygen atoms in total. The smallest absolute Gasteiger partial charge is 0.231 e. The van der Waals surface area contributed by atoms with E-state index in [4.69, 9.17) is 11.5 Å². The largest absolute Gasteiger partial charge is 0.383 e. The van der Waals surface area contributed by atoms with E-state index in [1.807, 2.05) is 11.8 Å². The number of rotatable bonds is 5. The summed E-state index contributed by atoms with van der Waals surface area (Å²) in [5.41, 5.74) is 11.7.